The fourth-order valence-electron chi connectivity index (χ4n) is 1.19. The van der Waals surface area contributed by atoms with Crippen LogP contribution in [-0.4, -0.2) is 10.7 Å². The molecule has 1 aliphatic carbocycles. The van der Waals surface area contributed by atoms with Gasteiger partial charge in [-0.2, -0.15) is 0 Å². The van der Waals surface area contributed by atoms with Crippen molar-refractivity contribution in [1.29, 1.82) is 0 Å². The molecule has 1 rings (SSSR count). The Kier molecular flexibility index (Phi) is 1.63. The van der Waals surface area contributed by atoms with Crippen LogP contribution in [0.1, 0.15) is 33.6 Å². The molecule has 0 spiro atoms. The molecular weight excluding hydrogens is 124 g/mol. The van der Waals surface area contributed by atoms with Crippen molar-refractivity contribution in [2.45, 2.75) is 39.2 Å². The van der Waals surface area contributed by atoms with Gasteiger partial charge in [-0.1, -0.05) is 26.0 Å². The van der Waals surface area contributed by atoms with Crippen molar-refractivity contribution < 1.29 is 5.11 Å². The van der Waals surface area contributed by atoms with E-state index in [1.54, 1.807) is 0 Å². The minimum atomic E-state index is -0.512. The molecule has 0 saturated heterocycles. The van der Waals surface area contributed by atoms with Gasteiger partial charge < -0.3 is 5.11 Å². The summed E-state index contributed by atoms with van der Waals surface area (Å²) >= 11 is 0. The van der Waals surface area contributed by atoms with E-state index < -0.39 is 5.60 Å². The number of aliphatic hydroxyl groups is 1. The van der Waals surface area contributed by atoms with Gasteiger partial charge in [-0.3, -0.25) is 0 Å². The van der Waals surface area contributed by atoms with Crippen LogP contribution in [0.25, 0.3) is 0 Å². The molecule has 0 radical (unpaired) electrons. The van der Waals surface area contributed by atoms with Crippen LogP contribution in [0.15, 0.2) is 12.2 Å². The second-order valence-corrected chi connectivity index (χ2v) is 4.04. The molecule has 0 aromatic carbocycles. The number of allylic oxidation sites excluding steroid dienone is 1. The molecule has 1 aliphatic rings. The molecule has 58 valence electrons. The highest BCUT2D eigenvalue weighted by Crippen LogP contribution is 2.39. The maximum atomic E-state index is 9.85. The lowest BCUT2D eigenvalue weighted by molar-refractivity contribution is -0.0519. The normalized spacial score (nSPS) is 38.0. The van der Waals surface area contributed by atoms with Gasteiger partial charge in [0, 0.05) is 0 Å². The quantitative estimate of drug-likeness (QED) is 0.511. The standard InChI is InChI=1S/C9H16O/c1-8(2)6-4-5-7-9(8,3)10/h4-5,10H,6-7H2,1-3H3. The molecule has 1 nitrogen and oxygen atoms in total. The van der Waals surface area contributed by atoms with Gasteiger partial charge >= 0.3 is 0 Å². The minimum absolute atomic E-state index is 0.0434. The van der Waals surface area contributed by atoms with Crippen LogP contribution in [0.2, 0.25) is 0 Å². The second kappa shape index (κ2) is 2.09. The SMILES string of the molecule is CC1(C)CC=CCC1(C)O. The van der Waals surface area contributed by atoms with Crippen LogP contribution < -0.4 is 0 Å². The molecule has 0 fully saturated rings. The summed E-state index contributed by atoms with van der Waals surface area (Å²) in [5, 5.41) is 9.85. The molecule has 10 heavy (non-hydrogen) atoms. The van der Waals surface area contributed by atoms with E-state index in [-0.39, 0.29) is 5.41 Å². The summed E-state index contributed by atoms with van der Waals surface area (Å²) in [4.78, 5) is 0. The molecule has 1 N–H and O–H groups in total. The highest BCUT2D eigenvalue weighted by atomic mass is 16.3. The first-order valence-electron chi connectivity index (χ1n) is 3.83. The maximum Gasteiger partial charge on any atom is 0.0707 e. The van der Waals surface area contributed by atoms with Gasteiger partial charge in [0.2, 0.25) is 0 Å². The Morgan fingerprint density at radius 2 is 1.60 bits per heavy atom. The van der Waals surface area contributed by atoms with Gasteiger partial charge in [0.05, 0.1) is 5.60 Å². The molecule has 0 amide bonds. The third-order valence-electron chi connectivity index (χ3n) is 2.77. The van der Waals surface area contributed by atoms with Crippen molar-refractivity contribution >= 4 is 0 Å². The van der Waals surface area contributed by atoms with Crippen LogP contribution >= 0.6 is 0 Å². The summed E-state index contributed by atoms with van der Waals surface area (Å²) in [5.74, 6) is 0. The summed E-state index contributed by atoms with van der Waals surface area (Å²) in [6.45, 7) is 6.13. The molecule has 0 aliphatic heterocycles. The van der Waals surface area contributed by atoms with Crippen molar-refractivity contribution in [3.8, 4) is 0 Å². The van der Waals surface area contributed by atoms with E-state index in [9.17, 15) is 5.11 Å². The second-order valence-electron chi connectivity index (χ2n) is 4.04. The number of hydrogen-bond donors (Lipinski definition) is 1. The zero-order valence-corrected chi connectivity index (χ0v) is 7.02. The summed E-state index contributed by atoms with van der Waals surface area (Å²) in [6, 6.07) is 0. The molecule has 0 aromatic rings. The largest absolute Gasteiger partial charge is 0.389 e. The molecule has 0 saturated carbocycles. The molecule has 0 aromatic heterocycles. The maximum absolute atomic E-state index is 9.85. The van der Waals surface area contributed by atoms with Crippen LogP contribution in [-0.2, 0) is 0 Å². The zero-order valence-electron chi connectivity index (χ0n) is 7.02. The first-order valence-corrected chi connectivity index (χ1v) is 3.83. The van der Waals surface area contributed by atoms with Crippen LogP contribution in [0.3, 0.4) is 0 Å². The van der Waals surface area contributed by atoms with Crippen LogP contribution in [0.4, 0.5) is 0 Å². The molecule has 1 unspecified atom stereocenters. The van der Waals surface area contributed by atoms with E-state index in [4.69, 9.17) is 0 Å². The van der Waals surface area contributed by atoms with E-state index in [2.05, 4.69) is 26.0 Å². The van der Waals surface area contributed by atoms with Gasteiger partial charge in [-0.05, 0) is 25.2 Å². The van der Waals surface area contributed by atoms with Gasteiger partial charge in [0.15, 0.2) is 0 Å². The summed E-state index contributed by atoms with van der Waals surface area (Å²) in [7, 11) is 0. The number of hydrogen-bond acceptors (Lipinski definition) is 1. The molecular formula is C9H16O. The van der Waals surface area contributed by atoms with Gasteiger partial charge in [-0.25, -0.2) is 0 Å². The Hall–Kier alpha value is -0.300. The van der Waals surface area contributed by atoms with Crippen molar-refractivity contribution in [3.05, 3.63) is 12.2 Å². The topological polar surface area (TPSA) is 20.2 Å². The first-order chi connectivity index (χ1) is 4.46. The van der Waals surface area contributed by atoms with Crippen LogP contribution in [0, 0.1) is 5.41 Å². The zero-order chi connectivity index (χ0) is 7.83. The van der Waals surface area contributed by atoms with E-state index >= 15 is 0 Å². The molecule has 1 atom stereocenters. The molecule has 1 heteroatoms. The van der Waals surface area contributed by atoms with Crippen molar-refractivity contribution in [2.75, 3.05) is 0 Å². The third-order valence-corrected chi connectivity index (χ3v) is 2.77. The lowest BCUT2D eigenvalue weighted by Crippen LogP contribution is -2.42. The fourth-order valence-corrected chi connectivity index (χ4v) is 1.19. The molecule has 0 bridgehead atoms. The van der Waals surface area contributed by atoms with Gasteiger partial charge in [0.1, 0.15) is 0 Å². The Balaban J connectivity index is 2.84. The van der Waals surface area contributed by atoms with E-state index in [1.807, 2.05) is 6.92 Å². The fraction of sp³-hybridized carbons (Fsp3) is 0.778. The van der Waals surface area contributed by atoms with Crippen molar-refractivity contribution in [3.63, 3.8) is 0 Å². The Bertz CT molecular complexity index is 136. The highest BCUT2D eigenvalue weighted by molar-refractivity contribution is 5.05. The predicted molar refractivity (Wildman–Crippen MR) is 42.8 cm³/mol. The Morgan fingerprint density at radius 3 is 1.90 bits per heavy atom. The summed E-state index contributed by atoms with van der Waals surface area (Å²) in [5.41, 5.74) is -0.469. The van der Waals surface area contributed by atoms with E-state index in [0.29, 0.717) is 0 Å². The summed E-state index contributed by atoms with van der Waals surface area (Å²) in [6.07, 6.45) is 5.99. The lowest BCUT2D eigenvalue weighted by atomic mass is 9.69. The Labute approximate surface area is 62.8 Å². The van der Waals surface area contributed by atoms with Crippen LogP contribution in [0.5, 0.6) is 0 Å². The summed E-state index contributed by atoms with van der Waals surface area (Å²) < 4.78 is 0. The predicted octanol–water partition coefficient (Wildman–Crippen LogP) is 2.11. The van der Waals surface area contributed by atoms with Gasteiger partial charge in [-0.15, -0.1) is 0 Å². The third kappa shape index (κ3) is 1.10. The Morgan fingerprint density at radius 1 is 1.10 bits per heavy atom. The molecule has 0 heterocycles. The number of rotatable bonds is 0. The van der Waals surface area contributed by atoms with E-state index in [0.717, 1.165) is 12.8 Å². The monoisotopic (exact) mass is 140 g/mol. The highest BCUT2D eigenvalue weighted by Gasteiger charge is 2.38. The van der Waals surface area contributed by atoms with Crippen molar-refractivity contribution in [1.82, 2.24) is 0 Å². The van der Waals surface area contributed by atoms with Gasteiger partial charge in [0.25, 0.3) is 0 Å². The van der Waals surface area contributed by atoms with Crippen molar-refractivity contribution in [2.24, 2.45) is 5.41 Å². The lowest BCUT2D eigenvalue weighted by Gasteiger charge is -2.41. The average Bonchev–Trinajstić information content (AvgIpc) is 1.77. The smallest absolute Gasteiger partial charge is 0.0707 e. The minimum Gasteiger partial charge on any atom is -0.389 e. The van der Waals surface area contributed by atoms with E-state index in [1.165, 1.54) is 0 Å². The average molecular weight is 140 g/mol. The first kappa shape index (κ1) is 7.80.